The molecule has 0 atom stereocenters. The van der Waals surface area contributed by atoms with Gasteiger partial charge in [-0.05, 0) is 25.8 Å². The van der Waals surface area contributed by atoms with Crippen LogP contribution in [0.15, 0.2) is 21.5 Å². The third kappa shape index (κ3) is 1.63. The number of rotatable bonds is 1. The summed E-state index contributed by atoms with van der Waals surface area (Å²) in [6, 6.07) is 1.81. The van der Waals surface area contributed by atoms with Crippen molar-refractivity contribution >= 4 is 5.82 Å². The minimum absolute atomic E-state index is 0.0576. The monoisotopic (exact) mass is 231 g/mol. The van der Waals surface area contributed by atoms with Gasteiger partial charge in [0.25, 0.3) is 5.56 Å². The molecule has 0 saturated heterocycles. The Kier molecular flexibility index (Phi) is 2.24. The first-order chi connectivity index (χ1) is 8.25. The van der Waals surface area contributed by atoms with E-state index in [9.17, 15) is 4.79 Å². The molecule has 0 aromatic carbocycles. The van der Waals surface area contributed by atoms with E-state index >= 15 is 0 Å². The molecule has 5 heteroatoms. The van der Waals surface area contributed by atoms with Crippen molar-refractivity contribution in [3.63, 3.8) is 0 Å². The van der Waals surface area contributed by atoms with Gasteiger partial charge in [0.1, 0.15) is 17.4 Å². The Hall–Kier alpha value is -2.04. The van der Waals surface area contributed by atoms with Crippen LogP contribution in [0.5, 0.6) is 0 Å². The van der Waals surface area contributed by atoms with E-state index in [0.717, 1.165) is 36.3 Å². The normalized spacial score (nSPS) is 14.2. The zero-order valence-corrected chi connectivity index (χ0v) is 9.54. The Bertz CT molecular complexity index is 612. The van der Waals surface area contributed by atoms with Crippen LogP contribution in [-0.4, -0.2) is 16.5 Å². The molecule has 88 valence electrons. The van der Waals surface area contributed by atoms with E-state index in [4.69, 9.17) is 4.42 Å². The lowest BCUT2D eigenvalue weighted by Crippen LogP contribution is -2.24. The minimum atomic E-state index is -0.0576. The Morgan fingerprint density at radius 3 is 3.12 bits per heavy atom. The fraction of sp³-hybridized carbons (Fsp3) is 0.333. The number of aromatic amines is 1. The molecule has 17 heavy (non-hydrogen) atoms. The molecule has 0 fully saturated rings. The zero-order chi connectivity index (χ0) is 11.8. The van der Waals surface area contributed by atoms with Crippen molar-refractivity contribution in [2.45, 2.75) is 19.8 Å². The van der Waals surface area contributed by atoms with Crippen LogP contribution in [0.25, 0.3) is 11.4 Å². The molecule has 2 aromatic heterocycles. The van der Waals surface area contributed by atoms with E-state index in [2.05, 4.69) is 15.3 Å². The maximum atomic E-state index is 11.9. The van der Waals surface area contributed by atoms with Crippen LogP contribution in [0.1, 0.15) is 17.7 Å². The molecule has 3 heterocycles. The van der Waals surface area contributed by atoms with Gasteiger partial charge in [0.2, 0.25) is 0 Å². The second-order valence-corrected chi connectivity index (χ2v) is 4.16. The van der Waals surface area contributed by atoms with Crippen LogP contribution >= 0.6 is 0 Å². The molecule has 0 bridgehead atoms. The van der Waals surface area contributed by atoms with Gasteiger partial charge in [0, 0.05) is 6.54 Å². The standard InChI is InChI=1S/C12H13N3O2/c1-7-8(4-6-17-7)11-14-10-9(12(16)15-11)3-2-5-13-10/h4,6H,2-3,5H2,1H3,(H2,13,14,15,16). The van der Waals surface area contributed by atoms with E-state index in [0.29, 0.717) is 11.6 Å². The van der Waals surface area contributed by atoms with Gasteiger partial charge in [-0.3, -0.25) is 4.79 Å². The van der Waals surface area contributed by atoms with E-state index in [1.807, 2.05) is 13.0 Å². The first kappa shape index (κ1) is 10.1. The number of anilines is 1. The highest BCUT2D eigenvalue weighted by atomic mass is 16.3. The van der Waals surface area contributed by atoms with Crippen LogP contribution in [-0.2, 0) is 6.42 Å². The number of nitrogens with zero attached hydrogens (tertiary/aromatic N) is 1. The molecular weight excluding hydrogens is 218 g/mol. The first-order valence-electron chi connectivity index (χ1n) is 5.67. The number of H-pyrrole nitrogens is 1. The van der Waals surface area contributed by atoms with Gasteiger partial charge in [-0.2, -0.15) is 0 Å². The van der Waals surface area contributed by atoms with Crippen LogP contribution in [0, 0.1) is 6.92 Å². The highest BCUT2D eigenvalue weighted by Crippen LogP contribution is 2.23. The van der Waals surface area contributed by atoms with Crippen LogP contribution in [0.2, 0.25) is 0 Å². The van der Waals surface area contributed by atoms with E-state index < -0.39 is 0 Å². The van der Waals surface area contributed by atoms with Gasteiger partial charge in [-0.1, -0.05) is 0 Å². The topological polar surface area (TPSA) is 70.9 Å². The number of nitrogens with one attached hydrogen (secondary N) is 2. The van der Waals surface area contributed by atoms with Gasteiger partial charge < -0.3 is 14.7 Å². The molecule has 1 aliphatic rings. The molecule has 0 radical (unpaired) electrons. The predicted molar refractivity (Wildman–Crippen MR) is 64.1 cm³/mol. The summed E-state index contributed by atoms with van der Waals surface area (Å²) >= 11 is 0. The number of furan rings is 1. The van der Waals surface area contributed by atoms with E-state index in [-0.39, 0.29) is 5.56 Å². The number of hydrogen-bond donors (Lipinski definition) is 2. The molecule has 0 spiro atoms. The maximum absolute atomic E-state index is 11.9. The molecule has 0 saturated carbocycles. The fourth-order valence-electron chi connectivity index (χ4n) is 2.11. The molecule has 3 rings (SSSR count). The van der Waals surface area contributed by atoms with E-state index in [1.165, 1.54) is 0 Å². The first-order valence-corrected chi connectivity index (χ1v) is 5.67. The summed E-state index contributed by atoms with van der Waals surface area (Å²) in [4.78, 5) is 19.2. The third-order valence-electron chi connectivity index (χ3n) is 3.03. The van der Waals surface area contributed by atoms with Gasteiger partial charge in [-0.25, -0.2) is 4.98 Å². The summed E-state index contributed by atoms with van der Waals surface area (Å²) in [5, 5.41) is 3.16. The highest BCUT2D eigenvalue weighted by molar-refractivity contribution is 5.60. The summed E-state index contributed by atoms with van der Waals surface area (Å²) in [7, 11) is 0. The second kappa shape index (κ2) is 3.76. The van der Waals surface area contributed by atoms with Crippen molar-refractivity contribution in [1.29, 1.82) is 0 Å². The van der Waals surface area contributed by atoms with Crippen molar-refractivity contribution < 1.29 is 4.42 Å². The SMILES string of the molecule is Cc1occc1-c1nc2c(c(=O)[nH]1)CCCN2. The van der Waals surface area contributed by atoms with Crippen LogP contribution in [0.4, 0.5) is 5.82 Å². The molecule has 0 amide bonds. The van der Waals surface area contributed by atoms with Gasteiger partial charge in [0.05, 0.1) is 17.4 Å². The Labute approximate surface area is 97.9 Å². The Morgan fingerprint density at radius 1 is 1.47 bits per heavy atom. The van der Waals surface area contributed by atoms with Gasteiger partial charge in [0.15, 0.2) is 0 Å². The predicted octanol–water partition coefficient (Wildman–Crippen LogP) is 1.70. The molecule has 0 aliphatic carbocycles. The quantitative estimate of drug-likeness (QED) is 0.783. The van der Waals surface area contributed by atoms with Crippen molar-refractivity contribution in [2.75, 3.05) is 11.9 Å². The lowest BCUT2D eigenvalue weighted by atomic mass is 10.1. The van der Waals surface area contributed by atoms with Crippen LogP contribution in [0.3, 0.4) is 0 Å². The Balaban J connectivity index is 2.17. The third-order valence-corrected chi connectivity index (χ3v) is 3.03. The highest BCUT2D eigenvalue weighted by Gasteiger charge is 2.16. The zero-order valence-electron chi connectivity index (χ0n) is 9.54. The maximum Gasteiger partial charge on any atom is 0.256 e. The minimum Gasteiger partial charge on any atom is -0.469 e. The second-order valence-electron chi connectivity index (χ2n) is 4.16. The molecule has 0 unspecified atom stereocenters. The smallest absolute Gasteiger partial charge is 0.256 e. The summed E-state index contributed by atoms with van der Waals surface area (Å²) in [5.41, 5.74) is 1.52. The average Bonchev–Trinajstić information content (AvgIpc) is 2.75. The van der Waals surface area contributed by atoms with Crippen molar-refractivity contribution in [3.8, 4) is 11.4 Å². The lowest BCUT2D eigenvalue weighted by Gasteiger charge is -2.16. The lowest BCUT2D eigenvalue weighted by molar-refractivity contribution is 0.535. The number of aromatic nitrogens is 2. The summed E-state index contributed by atoms with van der Waals surface area (Å²) < 4.78 is 5.22. The van der Waals surface area contributed by atoms with E-state index in [1.54, 1.807) is 6.26 Å². The molecular formula is C12H13N3O2. The average molecular weight is 231 g/mol. The summed E-state index contributed by atoms with van der Waals surface area (Å²) in [6.07, 6.45) is 3.36. The van der Waals surface area contributed by atoms with Gasteiger partial charge >= 0.3 is 0 Å². The number of aryl methyl sites for hydroxylation is 1. The van der Waals surface area contributed by atoms with Crippen molar-refractivity contribution in [2.24, 2.45) is 0 Å². The van der Waals surface area contributed by atoms with Crippen molar-refractivity contribution in [3.05, 3.63) is 34.0 Å². The van der Waals surface area contributed by atoms with Crippen molar-refractivity contribution in [1.82, 2.24) is 9.97 Å². The number of fused-ring (bicyclic) bond motifs is 1. The summed E-state index contributed by atoms with van der Waals surface area (Å²) in [5.74, 6) is 2.02. The Morgan fingerprint density at radius 2 is 2.35 bits per heavy atom. The summed E-state index contributed by atoms with van der Waals surface area (Å²) in [6.45, 7) is 2.72. The number of hydrogen-bond acceptors (Lipinski definition) is 4. The van der Waals surface area contributed by atoms with Crippen LogP contribution < -0.4 is 10.9 Å². The fourth-order valence-corrected chi connectivity index (χ4v) is 2.11. The molecule has 2 N–H and O–H groups in total. The molecule has 2 aromatic rings. The van der Waals surface area contributed by atoms with Gasteiger partial charge in [-0.15, -0.1) is 0 Å². The molecule has 5 nitrogen and oxygen atoms in total. The molecule has 1 aliphatic heterocycles. The largest absolute Gasteiger partial charge is 0.469 e.